The lowest BCUT2D eigenvalue weighted by Crippen LogP contribution is -2.13. The number of methoxy groups -OCH3 is 1. The normalized spacial score (nSPS) is 10.9. The van der Waals surface area contributed by atoms with E-state index in [1.807, 2.05) is 42.5 Å². The highest BCUT2D eigenvalue weighted by Crippen LogP contribution is 2.29. The first-order valence-corrected chi connectivity index (χ1v) is 11.1. The summed E-state index contributed by atoms with van der Waals surface area (Å²) in [4.78, 5) is 4.82. The summed E-state index contributed by atoms with van der Waals surface area (Å²) in [7, 11) is 1.65. The summed E-state index contributed by atoms with van der Waals surface area (Å²) in [5.74, 6) is 3.16. The first-order chi connectivity index (χ1) is 16.1. The minimum Gasteiger partial charge on any atom is -0.493 e. The summed E-state index contributed by atoms with van der Waals surface area (Å²) in [5.41, 5.74) is 5.45. The van der Waals surface area contributed by atoms with E-state index in [0.717, 1.165) is 40.2 Å². The summed E-state index contributed by atoms with van der Waals surface area (Å²) >= 11 is 0. The molecule has 0 fully saturated rings. The molecule has 0 atom stereocenters. The maximum atomic E-state index is 6.14. The van der Waals surface area contributed by atoms with Gasteiger partial charge in [-0.3, -0.25) is 0 Å². The second-order valence-electron chi connectivity index (χ2n) is 8.05. The van der Waals surface area contributed by atoms with Gasteiger partial charge >= 0.3 is 0 Å². The Morgan fingerprint density at radius 3 is 2.61 bits per heavy atom. The van der Waals surface area contributed by atoms with Crippen LogP contribution in [-0.2, 0) is 19.6 Å². The Bertz CT molecular complexity index is 1260. The Labute approximate surface area is 195 Å². The highest BCUT2D eigenvalue weighted by atomic mass is 16.5. The number of hydrogen-bond donors (Lipinski definition) is 0. The number of imidazole rings is 1. The second kappa shape index (κ2) is 10.3. The number of hydrogen-bond acceptors (Lipinski definition) is 4. The fourth-order valence-corrected chi connectivity index (χ4v) is 3.86. The van der Waals surface area contributed by atoms with E-state index in [4.69, 9.17) is 19.2 Å². The van der Waals surface area contributed by atoms with Crippen LogP contribution in [0.3, 0.4) is 0 Å². The standard InChI is InChI=1S/C28H30N2O3/c1-5-8-22-13-14-25(27(18-22)31-4)33-19-28-29-23-9-6-7-10-24(23)30(28)15-16-32-26-17-20(2)11-12-21(26)3/h5-7,9-14,17-18H,1,8,15-16,19H2,2-4H3. The van der Waals surface area contributed by atoms with Crippen LogP contribution in [0.15, 0.2) is 73.3 Å². The molecule has 0 bridgehead atoms. The number of fused-ring (bicyclic) bond motifs is 1. The second-order valence-corrected chi connectivity index (χ2v) is 8.05. The molecule has 3 aromatic carbocycles. The van der Waals surface area contributed by atoms with Gasteiger partial charge in [0.05, 0.1) is 24.7 Å². The fourth-order valence-electron chi connectivity index (χ4n) is 3.86. The Morgan fingerprint density at radius 2 is 1.79 bits per heavy atom. The van der Waals surface area contributed by atoms with Crippen LogP contribution in [0.25, 0.3) is 11.0 Å². The lowest BCUT2D eigenvalue weighted by atomic mass is 10.1. The van der Waals surface area contributed by atoms with Gasteiger partial charge in [0.2, 0.25) is 0 Å². The molecule has 170 valence electrons. The summed E-state index contributed by atoms with van der Waals surface area (Å²) in [6, 6.07) is 20.3. The van der Waals surface area contributed by atoms with E-state index in [1.165, 1.54) is 5.56 Å². The molecule has 0 radical (unpaired) electrons. The van der Waals surface area contributed by atoms with Gasteiger partial charge < -0.3 is 18.8 Å². The summed E-state index contributed by atoms with van der Waals surface area (Å²) in [6.07, 6.45) is 2.66. The number of para-hydroxylation sites is 2. The van der Waals surface area contributed by atoms with E-state index < -0.39 is 0 Å². The summed E-state index contributed by atoms with van der Waals surface area (Å²) in [6.45, 7) is 9.47. The van der Waals surface area contributed by atoms with Gasteiger partial charge in [0.25, 0.3) is 0 Å². The molecule has 4 aromatic rings. The lowest BCUT2D eigenvalue weighted by molar-refractivity contribution is 0.261. The van der Waals surface area contributed by atoms with Crippen LogP contribution in [0.2, 0.25) is 0 Å². The molecule has 0 aliphatic carbocycles. The zero-order valence-electron chi connectivity index (χ0n) is 19.5. The molecule has 33 heavy (non-hydrogen) atoms. The van der Waals surface area contributed by atoms with E-state index in [9.17, 15) is 0 Å². The molecule has 0 aliphatic heterocycles. The van der Waals surface area contributed by atoms with Crippen molar-refractivity contribution in [2.24, 2.45) is 0 Å². The summed E-state index contributed by atoms with van der Waals surface area (Å²) < 4.78 is 20.0. The van der Waals surface area contributed by atoms with Crippen LogP contribution in [0.4, 0.5) is 0 Å². The third-order valence-electron chi connectivity index (χ3n) is 5.61. The van der Waals surface area contributed by atoms with Crippen LogP contribution in [0.1, 0.15) is 22.5 Å². The zero-order valence-corrected chi connectivity index (χ0v) is 19.5. The molecule has 0 amide bonds. The molecule has 1 aromatic heterocycles. The molecular formula is C28H30N2O3. The SMILES string of the molecule is C=CCc1ccc(OCc2nc3ccccc3n2CCOc2cc(C)ccc2C)c(OC)c1. The average molecular weight is 443 g/mol. The number of aryl methyl sites for hydroxylation is 2. The molecular weight excluding hydrogens is 412 g/mol. The highest BCUT2D eigenvalue weighted by molar-refractivity contribution is 5.75. The van der Waals surface area contributed by atoms with Crippen LogP contribution in [-0.4, -0.2) is 23.3 Å². The molecule has 0 unspecified atom stereocenters. The van der Waals surface area contributed by atoms with Gasteiger partial charge in [0.1, 0.15) is 24.8 Å². The first kappa shape index (κ1) is 22.5. The van der Waals surface area contributed by atoms with Gasteiger partial charge in [-0.15, -0.1) is 6.58 Å². The monoisotopic (exact) mass is 442 g/mol. The number of benzene rings is 3. The van der Waals surface area contributed by atoms with Gasteiger partial charge in [-0.05, 0) is 67.3 Å². The van der Waals surface area contributed by atoms with Crippen molar-refractivity contribution in [2.75, 3.05) is 13.7 Å². The maximum absolute atomic E-state index is 6.14. The van der Waals surface area contributed by atoms with E-state index in [1.54, 1.807) is 7.11 Å². The van der Waals surface area contributed by atoms with Crippen molar-refractivity contribution >= 4 is 11.0 Å². The molecule has 5 heteroatoms. The highest BCUT2D eigenvalue weighted by Gasteiger charge is 2.13. The van der Waals surface area contributed by atoms with Gasteiger partial charge in [0.15, 0.2) is 11.5 Å². The van der Waals surface area contributed by atoms with Crippen molar-refractivity contribution < 1.29 is 14.2 Å². The first-order valence-electron chi connectivity index (χ1n) is 11.1. The van der Waals surface area contributed by atoms with Gasteiger partial charge in [-0.1, -0.05) is 36.4 Å². The van der Waals surface area contributed by atoms with E-state index in [2.05, 4.69) is 49.3 Å². The largest absolute Gasteiger partial charge is 0.493 e. The molecule has 1 heterocycles. The minimum atomic E-state index is 0.329. The van der Waals surface area contributed by atoms with E-state index in [-0.39, 0.29) is 0 Å². The van der Waals surface area contributed by atoms with Crippen LogP contribution in [0.5, 0.6) is 17.2 Å². The summed E-state index contributed by atoms with van der Waals surface area (Å²) in [5, 5.41) is 0. The van der Waals surface area contributed by atoms with Crippen molar-refractivity contribution in [1.29, 1.82) is 0 Å². The predicted molar refractivity (Wildman–Crippen MR) is 132 cm³/mol. The van der Waals surface area contributed by atoms with Crippen LogP contribution >= 0.6 is 0 Å². The number of aromatic nitrogens is 2. The Hall–Kier alpha value is -3.73. The number of allylic oxidation sites excluding steroid dienone is 1. The number of nitrogens with zero attached hydrogens (tertiary/aromatic N) is 2. The lowest BCUT2D eigenvalue weighted by Gasteiger charge is -2.14. The molecule has 0 aliphatic rings. The van der Waals surface area contributed by atoms with Crippen LogP contribution < -0.4 is 14.2 Å². The van der Waals surface area contributed by atoms with E-state index >= 15 is 0 Å². The van der Waals surface area contributed by atoms with Gasteiger partial charge in [-0.25, -0.2) is 4.98 Å². The average Bonchev–Trinajstić information content (AvgIpc) is 3.18. The Morgan fingerprint density at radius 1 is 0.939 bits per heavy atom. The predicted octanol–water partition coefficient (Wildman–Crippen LogP) is 6.05. The van der Waals surface area contributed by atoms with Crippen molar-refractivity contribution in [3.8, 4) is 17.2 Å². The number of ether oxygens (including phenoxy) is 3. The maximum Gasteiger partial charge on any atom is 0.161 e. The molecule has 0 spiro atoms. The van der Waals surface area contributed by atoms with Crippen molar-refractivity contribution in [2.45, 2.75) is 33.4 Å². The van der Waals surface area contributed by atoms with Crippen molar-refractivity contribution in [3.05, 3.63) is 95.8 Å². The van der Waals surface area contributed by atoms with E-state index in [0.29, 0.717) is 31.3 Å². The third kappa shape index (κ3) is 5.20. The topological polar surface area (TPSA) is 45.5 Å². The number of rotatable bonds is 10. The van der Waals surface area contributed by atoms with Gasteiger partial charge in [-0.2, -0.15) is 0 Å². The zero-order chi connectivity index (χ0) is 23.2. The quantitative estimate of drug-likeness (QED) is 0.281. The van der Waals surface area contributed by atoms with Gasteiger partial charge in [0, 0.05) is 0 Å². The molecule has 0 N–H and O–H groups in total. The van der Waals surface area contributed by atoms with Crippen molar-refractivity contribution in [1.82, 2.24) is 9.55 Å². The van der Waals surface area contributed by atoms with Crippen molar-refractivity contribution in [3.63, 3.8) is 0 Å². The fraction of sp³-hybridized carbons (Fsp3) is 0.250. The minimum absolute atomic E-state index is 0.329. The smallest absolute Gasteiger partial charge is 0.161 e. The molecule has 0 saturated carbocycles. The van der Waals surface area contributed by atoms with Crippen LogP contribution in [0, 0.1) is 13.8 Å². The third-order valence-corrected chi connectivity index (χ3v) is 5.61. The molecule has 5 nitrogen and oxygen atoms in total. The Kier molecular flexibility index (Phi) is 6.98. The Balaban J connectivity index is 1.53. The molecule has 4 rings (SSSR count). The molecule has 0 saturated heterocycles.